The van der Waals surface area contributed by atoms with E-state index < -0.39 is 0 Å². The fourth-order valence-corrected chi connectivity index (χ4v) is 3.40. The van der Waals surface area contributed by atoms with Gasteiger partial charge in [-0.25, -0.2) is 0 Å². The molecular formula is C23H27NO4. The van der Waals surface area contributed by atoms with Crippen molar-refractivity contribution in [1.29, 1.82) is 0 Å². The van der Waals surface area contributed by atoms with Gasteiger partial charge in [-0.1, -0.05) is 42.5 Å². The minimum Gasteiger partial charge on any atom is -0.382 e. The Morgan fingerprint density at radius 1 is 0.893 bits per heavy atom. The summed E-state index contributed by atoms with van der Waals surface area (Å²) < 4.78 is 10.6. The molecule has 0 aromatic heterocycles. The van der Waals surface area contributed by atoms with Crippen molar-refractivity contribution < 1.29 is 19.1 Å². The van der Waals surface area contributed by atoms with Gasteiger partial charge >= 0.3 is 0 Å². The number of rotatable bonds is 8. The van der Waals surface area contributed by atoms with Crippen molar-refractivity contribution in [2.24, 2.45) is 5.92 Å². The van der Waals surface area contributed by atoms with Crippen LogP contribution in [0.15, 0.2) is 54.6 Å². The smallest absolute Gasteiger partial charge is 0.253 e. The molecular weight excluding hydrogens is 354 g/mol. The highest BCUT2D eigenvalue weighted by atomic mass is 16.5. The third-order valence-corrected chi connectivity index (χ3v) is 5.12. The molecule has 0 bridgehead atoms. The zero-order valence-corrected chi connectivity index (χ0v) is 16.3. The Balaban J connectivity index is 1.52. The molecule has 1 saturated heterocycles. The van der Waals surface area contributed by atoms with E-state index >= 15 is 0 Å². The third-order valence-electron chi connectivity index (χ3n) is 5.12. The first-order chi connectivity index (χ1) is 13.7. The number of hydrogen-bond donors (Lipinski definition) is 0. The first-order valence-corrected chi connectivity index (χ1v) is 9.75. The average molecular weight is 381 g/mol. The summed E-state index contributed by atoms with van der Waals surface area (Å²) in [5.74, 6) is 0.484. The van der Waals surface area contributed by atoms with E-state index in [9.17, 15) is 9.59 Å². The van der Waals surface area contributed by atoms with Crippen molar-refractivity contribution in [2.75, 3.05) is 40.0 Å². The molecule has 5 heteroatoms. The predicted molar refractivity (Wildman–Crippen MR) is 108 cm³/mol. The van der Waals surface area contributed by atoms with Crippen LogP contribution in [0.5, 0.6) is 0 Å². The van der Waals surface area contributed by atoms with Gasteiger partial charge in [-0.3, -0.25) is 9.59 Å². The van der Waals surface area contributed by atoms with E-state index in [-0.39, 0.29) is 11.7 Å². The molecule has 0 N–H and O–H groups in total. The van der Waals surface area contributed by atoms with Crippen molar-refractivity contribution in [2.45, 2.75) is 12.8 Å². The summed E-state index contributed by atoms with van der Waals surface area (Å²) in [5.41, 5.74) is 1.87. The summed E-state index contributed by atoms with van der Waals surface area (Å²) in [7, 11) is 1.66. The predicted octanol–water partition coefficient (Wildman–Crippen LogP) is 3.43. The molecule has 1 aliphatic heterocycles. The van der Waals surface area contributed by atoms with Gasteiger partial charge in [0.25, 0.3) is 5.91 Å². The Morgan fingerprint density at radius 2 is 1.50 bits per heavy atom. The second-order valence-electron chi connectivity index (χ2n) is 7.08. The molecule has 0 unspecified atom stereocenters. The topological polar surface area (TPSA) is 55.8 Å². The third kappa shape index (κ3) is 5.27. The number of benzene rings is 2. The Morgan fingerprint density at radius 3 is 2.14 bits per heavy atom. The van der Waals surface area contributed by atoms with Gasteiger partial charge in [0.1, 0.15) is 0 Å². The molecule has 0 saturated carbocycles. The highest BCUT2D eigenvalue weighted by molar-refractivity contribution is 6.09. The van der Waals surface area contributed by atoms with Crippen LogP contribution >= 0.6 is 0 Å². The van der Waals surface area contributed by atoms with Gasteiger partial charge in [-0.15, -0.1) is 0 Å². The monoisotopic (exact) mass is 381 g/mol. The minimum atomic E-state index is -0.0334. The van der Waals surface area contributed by atoms with Crippen LogP contribution in [0, 0.1) is 5.92 Å². The van der Waals surface area contributed by atoms with Crippen molar-refractivity contribution in [3.8, 4) is 0 Å². The molecule has 5 nitrogen and oxygen atoms in total. The minimum absolute atomic E-state index is 0.0254. The van der Waals surface area contributed by atoms with Gasteiger partial charge in [0, 0.05) is 43.5 Å². The lowest BCUT2D eigenvalue weighted by Gasteiger charge is -2.32. The number of hydrogen-bond acceptors (Lipinski definition) is 4. The standard InChI is InChI=1S/C23H27NO4/c1-27-15-16-28-17-18-11-13-24(14-12-18)23(26)21-9-7-20(8-10-21)22(25)19-5-3-2-4-6-19/h2-10,18H,11-17H2,1H3. The van der Waals surface area contributed by atoms with E-state index in [2.05, 4.69) is 0 Å². The van der Waals surface area contributed by atoms with Gasteiger partial charge in [-0.2, -0.15) is 0 Å². The molecule has 0 radical (unpaired) electrons. The fraction of sp³-hybridized carbons (Fsp3) is 0.391. The van der Waals surface area contributed by atoms with Gasteiger partial charge in [0.15, 0.2) is 5.78 Å². The quantitative estimate of drug-likeness (QED) is 0.519. The lowest BCUT2D eigenvalue weighted by atomic mass is 9.97. The SMILES string of the molecule is COCCOCC1CCN(C(=O)c2ccc(C(=O)c3ccccc3)cc2)CC1. The number of ketones is 1. The van der Waals surface area contributed by atoms with Gasteiger partial charge in [-0.05, 0) is 30.9 Å². The number of carbonyl (C=O) groups is 2. The Bertz CT molecular complexity index is 765. The van der Waals surface area contributed by atoms with Crippen LogP contribution in [0.25, 0.3) is 0 Å². The Hall–Kier alpha value is -2.50. The molecule has 28 heavy (non-hydrogen) atoms. The second-order valence-corrected chi connectivity index (χ2v) is 7.08. The zero-order valence-electron chi connectivity index (χ0n) is 16.3. The van der Waals surface area contributed by atoms with Crippen molar-refractivity contribution in [1.82, 2.24) is 4.90 Å². The van der Waals surface area contributed by atoms with E-state index in [1.54, 1.807) is 43.5 Å². The molecule has 148 valence electrons. The van der Waals surface area contributed by atoms with E-state index in [1.807, 2.05) is 23.1 Å². The molecule has 0 atom stereocenters. The lowest BCUT2D eigenvalue weighted by Crippen LogP contribution is -2.39. The highest BCUT2D eigenvalue weighted by Gasteiger charge is 2.24. The van der Waals surface area contributed by atoms with Crippen molar-refractivity contribution in [3.05, 3.63) is 71.3 Å². The van der Waals surface area contributed by atoms with E-state index in [4.69, 9.17) is 9.47 Å². The number of piperidine rings is 1. The molecule has 1 heterocycles. The summed E-state index contributed by atoms with van der Waals surface area (Å²) >= 11 is 0. The van der Waals surface area contributed by atoms with E-state index in [0.29, 0.717) is 35.8 Å². The number of nitrogens with zero attached hydrogens (tertiary/aromatic N) is 1. The first-order valence-electron chi connectivity index (χ1n) is 9.75. The van der Waals surface area contributed by atoms with Gasteiger partial charge in [0.05, 0.1) is 13.2 Å². The van der Waals surface area contributed by atoms with Gasteiger partial charge < -0.3 is 14.4 Å². The lowest BCUT2D eigenvalue weighted by molar-refractivity contribution is 0.0327. The fourth-order valence-electron chi connectivity index (χ4n) is 3.40. The molecule has 0 aliphatic carbocycles. The summed E-state index contributed by atoms with van der Waals surface area (Å²) in [6, 6.07) is 16.1. The maximum atomic E-state index is 12.7. The Labute approximate surface area is 166 Å². The summed E-state index contributed by atoms with van der Waals surface area (Å²) in [5, 5.41) is 0. The largest absolute Gasteiger partial charge is 0.382 e. The van der Waals surface area contributed by atoms with Crippen LogP contribution in [0.1, 0.15) is 39.1 Å². The number of likely N-dealkylation sites (tertiary alicyclic amines) is 1. The molecule has 2 aromatic carbocycles. The summed E-state index contributed by atoms with van der Waals surface area (Å²) in [6.07, 6.45) is 1.90. The van der Waals surface area contributed by atoms with Crippen LogP contribution in [0.2, 0.25) is 0 Å². The molecule has 1 amide bonds. The number of methoxy groups -OCH3 is 1. The number of carbonyl (C=O) groups excluding carboxylic acids is 2. The molecule has 0 spiro atoms. The van der Waals surface area contributed by atoms with E-state index in [0.717, 1.165) is 32.5 Å². The van der Waals surface area contributed by atoms with Crippen LogP contribution in [-0.2, 0) is 9.47 Å². The maximum absolute atomic E-state index is 12.7. The summed E-state index contributed by atoms with van der Waals surface area (Å²) in [4.78, 5) is 27.1. The van der Waals surface area contributed by atoms with Gasteiger partial charge in [0.2, 0.25) is 0 Å². The number of ether oxygens (including phenoxy) is 2. The van der Waals surface area contributed by atoms with Crippen molar-refractivity contribution >= 4 is 11.7 Å². The zero-order chi connectivity index (χ0) is 19.8. The molecule has 1 fully saturated rings. The van der Waals surface area contributed by atoms with Crippen LogP contribution in [-0.4, -0.2) is 56.6 Å². The summed E-state index contributed by atoms with van der Waals surface area (Å²) in [6.45, 7) is 3.43. The highest BCUT2D eigenvalue weighted by Crippen LogP contribution is 2.20. The van der Waals surface area contributed by atoms with Crippen molar-refractivity contribution in [3.63, 3.8) is 0 Å². The molecule has 3 rings (SSSR count). The number of amides is 1. The van der Waals surface area contributed by atoms with E-state index in [1.165, 1.54) is 0 Å². The van der Waals surface area contributed by atoms with Crippen LogP contribution in [0.3, 0.4) is 0 Å². The molecule has 2 aromatic rings. The van der Waals surface area contributed by atoms with Crippen LogP contribution < -0.4 is 0 Å². The van der Waals surface area contributed by atoms with Crippen LogP contribution in [0.4, 0.5) is 0 Å². The Kier molecular flexibility index (Phi) is 7.34. The molecule has 1 aliphatic rings. The first kappa shape index (κ1) is 20.2. The normalized spacial score (nSPS) is 14.8. The maximum Gasteiger partial charge on any atom is 0.253 e. The second kappa shape index (κ2) is 10.2. The average Bonchev–Trinajstić information content (AvgIpc) is 2.77.